The molecule has 0 aromatic rings. The maximum Gasteiger partial charge on any atom is 0.156 e. The van der Waals surface area contributed by atoms with E-state index in [2.05, 4.69) is 6.58 Å². The minimum absolute atomic E-state index is 0.163. The Morgan fingerprint density at radius 1 is 1.64 bits per heavy atom. The average molecular weight is 177 g/mol. The van der Waals surface area contributed by atoms with Crippen molar-refractivity contribution in [1.29, 1.82) is 0 Å². The molecule has 0 saturated carbocycles. The van der Waals surface area contributed by atoms with Gasteiger partial charge in [0.2, 0.25) is 0 Å². The Kier molecular flexibility index (Phi) is 4.37. The van der Waals surface area contributed by atoms with Crippen LogP contribution in [0.1, 0.15) is 13.3 Å². The number of rotatable bonds is 5. The van der Waals surface area contributed by atoms with Crippen LogP contribution in [0.4, 0.5) is 0 Å². The van der Waals surface area contributed by atoms with Crippen molar-refractivity contribution in [2.24, 2.45) is 5.73 Å². The molecule has 0 saturated heterocycles. The zero-order valence-corrected chi connectivity index (χ0v) is 7.60. The van der Waals surface area contributed by atoms with Crippen LogP contribution >= 0.6 is 0 Å². The second-order valence-electron chi connectivity index (χ2n) is 2.45. The molecule has 0 rings (SSSR count). The third-order valence-electron chi connectivity index (χ3n) is 1.53. The summed E-state index contributed by atoms with van der Waals surface area (Å²) in [6.07, 6.45) is 1.96. The van der Waals surface area contributed by atoms with Crippen molar-refractivity contribution >= 4 is 9.84 Å². The summed E-state index contributed by atoms with van der Waals surface area (Å²) in [7, 11) is -2.97. The van der Waals surface area contributed by atoms with Gasteiger partial charge in [-0.2, -0.15) is 0 Å². The van der Waals surface area contributed by atoms with Crippen LogP contribution in [0.2, 0.25) is 0 Å². The maximum atomic E-state index is 11.2. The summed E-state index contributed by atoms with van der Waals surface area (Å²) in [6.45, 7) is 5.47. The Balaban J connectivity index is 4.11. The third kappa shape index (κ3) is 3.53. The van der Waals surface area contributed by atoms with Crippen molar-refractivity contribution in [3.63, 3.8) is 0 Å². The summed E-state index contributed by atoms with van der Waals surface area (Å²) < 4.78 is 22.4. The van der Waals surface area contributed by atoms with Gasteiger partial charge in [0.1, 0.15) is 0 Å². The van der Waals surface area contributed by atoms with E-state index < -0.39 is 15.1 Å². The van der Waals surface area contributed by atoms with E-state index in [4.69, 9.17) is 5.73 Å². The molecule has 1 unspecified atom stereocenters. The van der Waals surface area contributed by atoms with E-state index in [9.17, 15) is 8.42 Å². The molecule has 0 aliphatic heterocycles. The van der Waals surface area contributed by atoms with Gasteiger partial charge in [-0.25, -0.2) is 8.42 Å². The highest BCUT2D eigenvalue weighted by atomic mass is 32.2. The smallest absolute Gasteiger partial charge is 0.156 e. The molecule has 0 bridgehead atoms. The van der Waals surface area contributed by atoms with Gasteiger partial charge < -0.3 is 5.73 Å². The SMILES string of the molecule is C=CC(C)S(=O)(=O)CCCN. The van der Waals surface area contributed by atoms with Gasteiger partial charge in [-0.1, -0.05) is 6.08 Å². The fraction of sp³-hybridized carbons (Fsp3) is 0.714. The van der Waals surface area contributed by atoms with Crippen molar-refractivity contribution in [1.82, 2.24) is 0 Å². The first-order valence-corrected chi connectivity index (χ1v) is 5.30. The monoisotopic (exact) mass is 177 g/mol. The summed E-state index contributed by atoms with van der Waals surface area (Å²) in [5.74, 6) is 0.163. The molecule has 0 aromatic carbocycles. The van der Waals surface area contributed by atoms with Crippen molar-refractivity contribution in [3.8, 4) is 0 Å². The second kappa shape index (κ2) is 4.51. The predicted molar refractivity (Wildman–Crippen MR) is 47.1 cm³/mol. The van der Waals surface area contributed by atoms with Gasteiger partial charge in [0.15, 0.2) is 9.84 Å². The lowest BCUT2D eigenvalue weighted by molar-refractivity contribution is 0.589. The standard InChI is InChI=1S/C7H15NO2S/c1-3-7(2)11(9,10)6-4-5-8/h3,7H,1,4-6,8H2,2H3. The molecule has 0 amide bonds. The molecule has 0 heterocycles. The van der Waals surface area contributed by atoms with Crippen LogP contribution in [-0.2, 0) is 9.84 Å². The summed E-state index contributed by atoms with van der Waals surface area (Å²) >= 11 is 0. The Labute approximate surface area is 68.2 Å². The first-order valence-electron chi connectivity index (χ1n) is 3.58. The minimum atomic E-state index is -2.97. The van der Waals surface area contributed by atoms with E-state index in [1.807, 2.05) is 0 Å². The van der Waals surface area contributed by atoms with Crippen LogP contribution in [0.5, 0.6) is 0 Å². The van der Waals surface area contributed by atoms with Crippen LogP contribution < -0.4 is 5.73 Å². The predicted octanol–water partition coefficient (Wildman–Crippen LogP) is 0.325. The third-order valence-corrected chi connectivity index (χ3v) is 3.71. The Bertz CT molecular complexity index is 208. The fourth-order valence-corrected chi connectivity index (χ4v) is 1.85. The molecule has 0 spiro atoms. The van der Waals surface area contributed by atoms with E-state index in [0.717, 1.165) is 0 Å². The summed E-state index contributed by atoms with van der Waals surface area (Å²) in [6, 6.07) is 0. The zero-order valence-electron chi connectivity index (χ0n) is 6.79. The summed E-state index contributed by atoms with van der Waals surface area (Å²) in [5, 5.41) is -0.450. The van der Waals surface area contributed by atoms with E-state index in [-0.39, 0.29) is 5.75 Å². The molecule has 0 fully saturated rings. The quantitative estimate of drug-likeness (QED) is 0.615. The normalized spacial score (nSPS) is 14.4. The van der Waals surface area contributed by atoms with Gasteiger partial charge >= 0.3 is 0 Å². The van der Waals surface area contributed by atoms with Gasteiger partial charge in [0.25, 0.3) is 0 Å². The molecule has 0 radical (unpaired) electrons. The highest BCUT2D eigenvalue weighted by molar-refractivity contribution is 7.92. The lowest BCUT2D eigenvalue weighted by Gasteiger charge is -2.06. The molecule has 0 aliphatic carbocycles. The van der Waals surface area contributed by atoms with Gasteiger partial charge in [-0.3, -0.25) is 0 Å². The number of hydrogen-bond donors (Lipinski definition) is 1. The topological polar surface area (TPSA) is 60.2 Å². The molecule has 0 aromatic heterocycles. The number of nitrogens with two attached hydrogens (primary N) is 1. The lowest BCUT2D eigenvalue weighted by atomic mass is 10.5. The Morgan fingerprint density at radius 3 is 2.55 bits per heavy atom. The van der Waals surface area contributed by atoms with Crippen molar-refractivity contribution < 1.29 is 8.42 Å². The van der Waals surface area contributed by atoms with Crippen molar-refractivity contribution in [2.45, 2.75) is 18.6 Å². The van der Waals surface area contributed by atoms with Gasteiger partial charge in [-0.15, -0.1) is 6.58 Å². The van der Waals surface area contributed by atoms with Gasteiger partial charge in [0.05, 0.1) is 11.0 Å². The lowest BCUT2D eigenvalue weighted by Crippen LogP contribution is -2.20. The molecule has 11 heavy (non-hydrogen) atoms. The summed E-state index contributed by atoms with van der Waals surface area (Å²) in [5.41, 5.74) is 5.19. The zero-order chi connectivity index (χ0) is 8.91. The maximum absolute atomic E-state index is 11.2. The van der Waals surface area contributed by atoms with Gasteiger partial charge in [-0.05, 0) is 19.9 Å². The molecule has 1 atom stereocenters. The summed E-state index contributed by atoms with van der Waals surface area (Å²) in [4.78, 5) is 0. The first kappa shape index (κ1) is 10.7. The van der Waals surface area contributed by atoms with Gasteiger partial charge in [0, 0.05) is 0 Å². The largest absolute Gasteiger partial charge is 0.330 e. The van der Waals surface area contributed by atoms with E-state index >= 15 is 0 Å². The number of hydrogen-bond acceptors (Lipinski definition) is 3. The van der Waals surface area contributed by atoms with Crippen LogP contribution in [0.15, 0.2) is 12.7 Å². The second-order valence-corrected chi connectivity index (χ2v) is 4.93. The van der Waals surface area contributed by atoms with Crippen LogP contribution in [0.3, 0.4) is 0 Å². The molecule has 3 nitrogen and oxygen atoms in total. The molecular weight excluding hydrogens is 162 g/mol. The molecule has 66 valence electrons. The first-order chi connectivity index (χ1) is 5.04. The van der Waals surface area contributed by atoms with E-state index in [1.165, 1.54) is 6.08 Å². The highest BCUT2D eigenvalue weighted by Gasteiger charge is 2.15. The van der Waals surface area contributed by atoms with Crippen molar-refractivity contribution in [2.75, 3.05) is 12.3 Å². The fourth-order valence-electron chi connectivity index (χ4n) is 0.617. The molecule has 2 N–H and O–H groups in total. The Morgan fingerprint density at radius 2 is 2.18 bits per heavy atom. The van der Waals surface area contributed by atoms with Crippen molar-refractivity contribution in [3.05, 3.63) is 12.7 Å². The van der Waals surface area contributed by atoms with Crippen LogP contribution in [0, 0.1) is 0 Å². The van der Waals surface area contributed by atoms with E-state index in [1.54, 1.807) is 6.92 Å². The molecule has 4 heteroatoms. The Hall–Kier alpha value is -0.350. The highest BCUT2D eigenvalue weighted by Crippen LogP contribution is 2.03. The number of sulfone groups is 1. The van der Waals surface area contributed by atoms with E-state index in [0.29, 0.717) is 13.0 Å². The molecular formula is C7H15NO2S. The molecule has 0 aliphatic rings. The van der Waals surface area contributed by atoms with Crippen LogP contribution in [-0.4, -0.2) is 26.0 Å². The minimum Gasteiger partial charge on any atom is -0.330 e. The average Bonchev–Trinajstić information content (AvgIpc) is 1.99. The van der Waals surface area contributed by atoms with Crippen LogP contribution in [0.25, 0.3) is 0 Å².